The van der Waals surface area contributed by atoms with Crippen LogP contribution in [0.15, 0.2) is 35.8 Å². The lowest BCUT2D eigenvalue weighted by atomic mass is 10.3. The number of aryl methyl sites for hydroxylation is 1. The van der Waals surface area contributed by atoms with Gasteiger partial charge in [0.05, 0.1) is 10.2 Å². The van der Waals surface area contributed by atoms with Crippen LogP contribution in [0.3, 0.4) is 0 Å². The molecule has 0 aliphatic heterocycles. The average molecular weight is 345 g/mol. The van der Waals surface area contributed by atoms with Gasteiger partial charge in [0.25, 0.3) is 5.91 Å². The van der Waals surface area contributed by atoms with Crippen molar-refractivity contribution in [3.05, 3.63) is 41.5 Å². The number of carbonyl (C=O) groups is 1. The molecule has 23 heavy (non-hydrogen) atoms. The zero-order chi connectivity index (χ0) is 14.8. The van der Waals surface area contributed by atoms with Gasteiger partial charge >= 0.3 is 0 Å². The smallest absolute Gasteiger partial charge is 0.272 e. The number of alkyl halides is 1. The summed E-state index contributed by atoms with van der Waals surface area (Å²) in [6.45, 7) is -0.876. The van der Waals surface area contributed by atoms with E-state index < -0.39 is 6.86 Å². The van der Waals surface area contributed by atoms with Crippen LogP contribution in [-0.4, -0.2) is 22.3 Å². The minimum Gasteiger partial charge on any atom is -0.463 e. The quantitative estimate of drug-likeness (QED) is 0.787. The van der Waals surface area contributed by atoms with Gasteiger partial charge in [-0.05, 0) is 30.3 Å². The molecule has 1 amide bonds. The zero-order valence-corrected chi connectivity index (χ0v) is 12.8. The molecule has 124 valence electrons. The number of carbonyl (C=O) groups excluding carboxylic acids is 1. The van der Waals surface area contributed by atoms with Crippen molar-refractivity contribution in [2.45, 2.75) is 0 Å². The van der Waals surface area contributed by atoms with Crippen LogP contribution in [0.1, 0.15) is 10.5 Å². The molecule has 2 heterocycles. The van der Waals surface area contributed by atoms with Crippen molar-refractivity contribution >= 4 is 33.3 Å². The van der Waals surface area contributed by atoms with E-state index in [1.807, 2.05) is 6.07 Å². The van der Waals surface area contributed by atoms with Crippen molar-refractivity contribution in [3.8, 4) is 5.75 Å². The van der Waals surface area contributed by atoms with Crippen LogP contribution < -0.4 is 10.1 Å². The van der Waals surface area contributed by atoms with E-state index in [0.717, 1.165) is 10.3 Å². The third-order valence-electron chi connectivity index (χ3n) is 3.09. The van der Waals surface area contributed by atoms with E-state index in [2.05, 4.69) is 10.3 Å². The molecular formula is C14H14F3N3O2S. The third-order valence-corrected chi connectivity index (χ3v) is 3.85. The number of benzene rings is 1. The SMILES string of the molecule is Cn1c(C(=O)Nc2ccc(OCF)cc2)cc2scnc21.F.F. The van der Waals surface area contributed by atoms with Gasteiger partial charge in [0.2, 0.25) is 6.86 Å². The Kier molecular flexibility index (Phi) is 6.14. The summed E-state index contributed by atoms with van der Waals surface area (Å²) in [5.41, 5.74) is 3.68. The standard InChI is InChI=1S/C14H12FN3O2S.2FH/c1-18-11(6-12-13(18)16-8-21-12)14(19)17-9-2-4-10(5-3-9)20-7-15;;/h2-6,8H,7H2,1H3,(H,17,19);2*1H. The maximum absolute atomic E-state index is 12.3. The summed E-state index contributed by atoms with van der Waals surface area (Å²) in [7, 11) is 1.80. The van der Waals surface area contributed by atoms with Crippen LogP contribution in [0.5, 0.6) is 5.75 Å². The number of thiazole rings is 1. The van der Waals surface area contributed by atoms with Gasteiger partial charge in [-0.1, -0.05) is 0 Å². The monoisotopic (exact) mass is 345 g/mol. The van der Waals surface area contributed by atoms with Gasteiger partial charge in [-0.25, -0.2) is 9.37 Å². The van der Waals surface area contributed by atoms with Crippen molar-refractivity contribution in [2.75, 3.05) is 12.2 Å². The molecule has 0 radical (unpaired) electrons. The van der Waals surface area contributed by atoms with Gasteiger partial charge < -0.3 is 14.6 Å². The first-order valence-electron chi connectivity index (χ1n) is 6.18. The summed E-state index contributed by atoms with van der Waals surface area (Å²) in [5.74, 6) is 0.195. The second-order valence-corrected chi connectivity index (χ2v) is 5.25. The number of nitrogens with zero attached hydrogens (tertiary/aromatic N) is 2. The molecule has 2 aromatic heterocycles. The van der Waals surface area contributed by atoms with Gasteiger partial charge in [0.1, 0.15) is 11.4 Å². The Bertz CT molecular complexity index is 786. The Morgan fingerprint density at radius 2 is 2.04 bits per heavy atom. The Morgan fingerprint density at radius 3 is 2.65 bits per heavy atom. The molecule has 1 aromatic carbocycles. The maximum atomic E-state index is 12.3. The van der Waals surface area contributed by atoms with Gasteiger partial charge in [-0.3, -0.25) is 14.2 Å². The van der Waals surface area contributed by atoms with Crippen LogP contribution in [-0.2, 0) is 7.05 Å². The topological polar surface area (TPSA) is 56.2 Å². The summed E-state index contributed by atoms with van der Waals surface area (Å²) in [6, 6.07) is 8.32. The molecule has 0 spiro atoms. The first-order valence-corrected chi connectivity index (χ1v) is 7.06. The number of halogens is 3. The fourth-order valence-electron chi connectivity index (χ4n) is 2.05. The third kappa shape index (κ3) is 3.62. The molecule has 0 unspecified atom stereocenters. The summed E-state index contributed by atoms with van der Waals surface area (Å²) >= 11 is 1.49. The van der Waals surface area contributed by atoms with Crippen molar-refractivity contribution in [3.63, 3.8) is 0 Å². The van der Waals surface area contributed by atoms with Crippen LogP contribution in [0.4, 0.5) is 19.5 Å². The molecular weight excluding hydrogens is 331 g/mol. The van der Waals surface area contributed by atoms with E-state index in [9.17, 15) is 9.18 Å². The molecule has 0 aliphatic carbocycles. The Hall–Kier alpha value is -2.55. The molecule has 0 atom stereocenters. The predicted molar refractivity (Wildman–Crippen MR) is 84.6 cm³/mol. The van der Waals surface area contributed by atoms with E-state index in [1.165, 1.54) is 11.3 Å². The second kappa shape index (κ2) is 7.63. The minimum absolute atomic E-state index is 0. The molecule has 3 rings (SSSR count). The number of fused-ring (bicyclic) bond motifs is 1. The molecule has 0 saturated heterocycles. The summed E-state index contributed by atoms with van der Waals surface area (Å²) in [5, 5.41) is 2.79. The number of anilines is 1. The van der Waals surface area contributed by atoms with Gasteiger partial charge in [0.15, 0.2) is 5.65 Å². The molecule has 0 aliphatic rings. The van der Waals surface area contributed by atoms with Gasteiger partial charge in [0, 0.05) is 12.7 Å². The number of nitrogens with one attached hydrogen (secondary N) is 1. The highest BCUT2D eigenvalue weighted by atomic mass is 32.1. The van der Waals surface area contributed by atoms with Crippen LogP contribution in [0, 0.1) is 0 Å². The maximum Gasteiger partial charge on any atom is 0.272 e. The summed E-state index contributed by atoms with van der Waals surface area (Å²) < 4.78 is 19.5. The van der Waals surface area contributed by atoms with Crippen molar-refractivity contribution < 1.29 is 23.3 Å². The van der Waals surface area contributed by atoms with E-state index >= 15 is 0 Å². The lowest BCUT2D eigenvalue weighted by molar-refractivity contribution is 0.101. The molecule has 0 saturated carbocycles. The average Bonchev–Trinajstić information content (AvgIpc) is 3.05. The fraction of sp³-hybridized carbons (Fsp3) is 0.143. The fourth-order valence-corrected chi connectivity index (χ4v) is 2.79. The largest absolute Gasteiger partial charge is 0.463 e. The molecule has 5 nitrogen and oxygen atoms in total. The molecule has 1 N–H and O–H groups in total. The van der Waals surface area contributed by atoms with Crippen LogP contribution in [0.25, 0.3) is 10.3 Å². The highest BCUT2D eigenvalue weighted by Crippen LogP contribution is 2.22. The number of ether oxygens (including phenoxy) is 1. The molecule has 0 fully saturated rings. The highest BCUT2D eigenvalue weighted by molar-refractivity contribution is 7.16. The molecule has 0 bridgehead atoms. The Balaban J connectivity index is 0.00000132. The lowest BCUT2D eigenvalue weighted by Crippen LogP contribution is -2.15. The predicted octanol–water partition coefficient (Wildman–Crippen LogP) is 3.50. The zero-order valence-electron chi connectivity index (χ0n) is 12.0. The van der Waals surface area contributed by atoms with Crippen molar-refractivity contribution in [2.24, 2.45) is 7.05 Å². The van der Waals surface area contributed by atoms with E-state index in [0.29, 0.717) is 17.1 Å². The van der Waals surface area contributed by atoms with E-state index in [-0.39, 0.29) is 15.3 Å². The second-order valence-electron chi connectivity index (χ2n) is 4.36. The van der Waals surface area contributed by atoms with E-state index in [1.54, 1.807) is 41.4 Å². The number of amides is 1. The Labute approximate surface area is 133 Å². The number of hydrogen-bond donors (Lipinski definition) is 1. The normalized spacial score (nSPS) is 9.83. The van der Waals surface area contributed by atoms with Crippen molar-refractivity contribution in [1.82, 2.24) is 9.55 Å². The number of aromatic nitrogens is 2. The molecule has 3 aromatic rings. The van der Waals surface area contributed by atoms with Gasteiger partial charge in [-0.2, -0.15) is 0 Å². The first kappa shape index (κ1) is 18.5. The summed E-state index contributed by atoms with van der Waals surface area (Å²) in [4.78, 5) is 16.5. The van der Waals surface area contributed by atoms with Gasteiger partial charge in [-0.15, -0.1) is 11.3 Å². The van der Waals surface area contributed by atoms with Crippen molar-refractivity contribution in [1.29, 1.82) is 0 Å². The van der Waals surface area contributed by atoms with Crippen LogP contribution >= 0.6 is 11.3 Å². The lowest BCUT2D eigenvalue weighted by Gasteiger charge is -2.07. The summed E-state index contributed by atoms with van der Waals surface area (Å²) in [6.07, 6.45) is 0. The van der Waals surface area contributed by atoms with E-state index in [4.69, 9.17) is 4.74 Å². The minimum atomic E-state index is -0.876. The number of rotatable bonds is 4. The Morgan fingerprint density at radius 1 is 1.35 bits per heavy atom. The number of hydrogen-bond acceptors (Lipinski definition) is 4. The molecule has 9 heteroatoms. The highest BCUT2D eigenvalue weighted by Gasteiger charge is 2.15. The first-order chi connectivity index (χ1) is 10.2. The van der Waals surface area contributed by atoms with Crippen LogP contribution in [0.2, 0.25) is 0 Å².